The van der Waals surface area contributed by atoms with Gasteiger partial charge in [0.2, 0.25) is 0 Å². The fourth-order valence-corrected chi connectivity index (χ4v) is 5.08. The summed E-state index contributed by atoms with van der Waals surface area (Å²) < 4.78 is 0. The van der Waals surface area contributed by atoms with Crippen LogP contribution in [0.5, 0.6) is 0 Å². The van der Waals surface area contributed by atoms with Crippen LogP contribution in [0.2, 0.25) is 0 Å². The monoisotopic (exact) mass is 492 g/mol. The van der Waals surface area contributed by atoms with Gasteiger partial charge in [0.05, 0.1) is 0 Å². The van der Waals surface area contributed by atoms with E-state index in [0.717, 1.165) is 39.1 Å². The van der Waals surface area contributed by atoms with Gasteiger partial charge in [-0.25, -0.2) is 0 Å². The molecule has 4 aromatic rings. The predicted octanol–water partition coefficient (Wildman–Crippen LogP) is 7.00. The molecule has 1 aliphatic heterocycles. The molecule has 0 bridgehead atoms. The molecule has 1 aliphatic rings. The van der Waals surface area contributed by atoms with E-state index in [0.29, 0.717) is 6.04 Å². The van der Waals surface area contributed by atoms with Gasteiger partial charge in [0.15, 0.2) is 0 Å². The van der Waals surface area contributed by atoms with Crippen molar-refractivity contribution in [2.24, 2.45) is 0 Å². The highest BCUT2D eigenvalue weighted by Gasteiger charge is 2.27. The Kier molecular flexibility index (Phi) is 9.98. The Bertz CT molecular complexity index is 1130. The van der Waals surface area contributed by atoms with Crippen molar-refractivity contribution >= 4 is 35.6 Å². The molecule has 0 N–H and O–H groups in total. The second-order valence-corrected chi connectivity index (χ2v) is 9.01. The third-order valence-electron chi connectivity index (χ3n) is 6.79. The van der Waals surface area contributed by atoms with Gasteiger partial charge < -0.3 is 0 Å². The number of hydrogen-bond acceptors (Lipinski definition) is 2. The zero-order valence-corrected chi connectivity index (χ0v) is 21.2. The highest BCUT2D eigenvalue weighted by molar-refractivity contribution is 5.86. The normalized spacial score (nSPS) is 16.5. The molecule has 1 fully saturated rings. The Morgan fingerprint density at radius 2 is 1.24 bits per heavy atom. The third-order valence-corrected chi connectivity index (χ3v) is 6.79. The number of rotatable bonds is 7. The van der Waals surface area contributed by atoms with Gasteiger partial charge in [-0.15, -0.1) is 24.8 Å². The molecule has 2 nitrogen and oxygen atoms in total. The second kappa shape index (κ2) is 12.9. The highest BCUT2D eigenvalue weighted by Crippen LogP contribution is 2.24. The van der Waals surface area contributed by atoms with E-state index in [-0.39, 0.29) is 24.8 Å². The zero-order chi connectivity index (χ0) is 21.6. The van der Waals surface area contributed by atoms with Gasteiger partial charge in [0.1, 0.15) is 0 Å². The van der Waals surface area contributed by atoms with Gasteiger partial charge in [-0.3, -0.25) is 9.80 Å². The maximum atomic E-state index is 2.71. The fraction of sp³-hybridized carbons (Fsp3) is 0.267. The number of benzene rings is 4. The molecule has 34 heavy (non-hydrogen) atoms. The van der Waals surface area contributed by atoms with Crippen LogP contribution in [0.15, 0.2) is 103 Å². The van der Waals surface area contributed by atoms with E-state index in [2.05, 4.69) is 113 Å². The van der Waals surface area contributed by atoms with Gasteiger partial charge >= 0.3 is 0 Å². The maximum Gasteiger partial charge on any atom is 0.0237 e. The van der Waals surface area contributed by atoms with Crippen molar-refractivity contribution in [3.63, 3.8) is 0 Å². The van der Waals surface area contributed by atoms with Gasteiger partial charge in [-0.1, -0.05) is 103 Å². The van der Waals surface area contributed by atoms with Gasteiger partial charge in [0, 0.05) is 38.8 Å². The third kappa shape index (κ3) is 6.61. The van der Waals surface area contributed by atoms with E-state index in [1.807, 2.05) is 0 Å². The van der Waals surface area contributed by atoms with Crippen LogP contribution >= 0.6 is 24.8 Å². The molecule has 4 heteroatoms. The standard InChI is InChI=1S/C30H32N2.2ClH/c1-3-10-25(11-4-1)22-31-20-21-32(23-26-12-5-2-6-13-26)29(24-31)19-18-28-16-9-15-27-14-7-8-17-30(27)28;;/h1-17,29H,18-24H2;2*1H/t29-;;/m0../s1. The molecule has 0 amide bonds. The summed E-state index contributed by atoms with van der Waals surface area (Å²) in [5.41, 5.74) is 4.30. The summed E-state index contributed by atoms with van der Waals surface area (Å²) in [5.74, 6) is 0. The van der Waals surface area contributed by atoms with Gasteiger partial charge in [0.25, 0.3) is 0 Å². The number of halogens is 2. The zero-order valence-electron chi connectivity index (χ0n) is 19.6. The molecule has 0 aliphatic carbocycles. The minimum Gasteiger partial charge on any atom is -0.296 e. The molecule has 1 saturated heterocycles. The number of hydrogen-bond donors (Lipinski definition) is 0. The largest absolute Gasteiger partial charge is 0.296 e. The summed E-state index contributed by atoms with van der Waals surface area (Å²) in [4.78, 5) is 5.35. The molecule has 0 unspecified atom stereocenters. The van der Waals surface area contributed by atoms with E-state index >= 15 is 0 Å². The first-order valence-electron chi connectivity index (χ1n) is 11.9. The molecule has 1 heterocycles. The Morgan fingerprint density at radius 1 is 0.618 bits per heavy atom. The lowest BCUT2D eigenvalue weighted by molar-refractivity contribution is 0.0597. The van der Waals surface area contributed by atoms with Gasteiger partial charge in [-0.2, -0.15) is 0 Å². The van der Waals surface area contributed by atoms with Crippen molar-refractivity contribution in [2.75, 3.05) is 19.6 Å². The molecule has 0 spiro atoms. The van der Waals surface area contributed by atoms with Crippen LogP contribution in [-0.2, 0) is 19.5 Å². The van der Waals surface area contributed by atoms with E-state index in [1.54, 1.807) is 0 Å². The van der Waals surface area contributed by atoms with Crippen LogP contribution in [-0.4, -0.2) is 35.5 Å². The number of nitrogens with zero attached hydrogens (tertiary/aromatic N) is 2. The van der Waals surface area contributed by atoms with E-state index in [9.17, 15) is 0 Å². The predicted molar refractivity (Wildman–Crippen MR) is 149 cm³/mol. The molecule has 5 rings (SSSR count). The summed E-state index contributed by atoms with van der Waals surface area (Å²) in [6, 6.07) is 38.0. The molecule has 0 saturated carbocycles. The highest BCUT2D eigenvalue weighted by atomic mass is 35.5. The van der Waals surface area contributed by atoms with Crippen molar-refractivity contribution in [1.82, 2.24) is 9.80 Å². The van der Waals surface area contributed by atoms with Crippen molar-refractivity contribution in [3.8, 4) is 0 Å². The Hall–Kier alpha value is -2.36. The first kappa shape index (κ1) is 26.2. The van der Waals surface area contributed by atoms with Crippen LogP contribution in [0.1, 0.15) is 23.1 Å². The van der Waals surface area contributed by atoms with Crippen LogP contribution in [0, 0.1) is 0 Å². The Balaban J connectivity index is 0.00000162. The summed E-state index contributed by atoms with van der Waals surface area (Å²) in [7, 11) is 0. The van der Waals surface area contributed by atoms with E-state index < -0.39 is 0 Å². The van der Waals surface area contributed by atoms with E-state index in [1.165, 1.54) is 33.9 Å². The molecular formula is C30H34Cl2N2. The summed E-state index contributed by atoms with van der Waals surface area (Å²) in [6.45, 7) is 5.48. The lowest BCUT2D eigenvalue weighted by atomic mass is 9.97. The molecule has 178 valence electrons. The first-order valence-corrected chi connectivity index (χ1v) is 11.9. The maximum absolute atomic E-state index is 2.71. The van der Waals surface area contributed by atoms with Crippen LogP contribution in [0.4, 0.5) is 0 Å². The SMILES string of the molecule is Cl.Cl.c1ccc(CN2CCN(Cc3ccccc3)[C@@H](CCc3cccc4ccccc34)C2)cc1. The van der Waals surface area contributed by atoms with Crippen molar-refractivity contribution < 1.29 is 0 Å². The van der Waals surface area contributed by atoms with Gasteiger partial charge in [-0.05, 0) is 40.3 Å². The average molecular weight is 494 g/mol. The quantitative estimate of drug-likeness (QED) is 0.273. The molecule has 0 aromatic heterocycles. The second-order valence-electron chi connectivity index (χ2n) is 9.01. The Labute approximate surface area is 216 Å². The molecular weight excluding hydrogens is 459 g/mol. The summed E-state index contributed by atoms with van der Waals surface area (Å²) in [5, 5.41) is 2.75. The number of piperazine rings is 1. The smallest absolute Gasteiger partial charge is 0.0237 e. The minimum atomic E-state index is 0. The van der Waals surface area contributed by atoms with Crippen LogP contribution < -0.4 is 0 Å². The van der Waals surface area contributed by atoms with Crippen molar-refractivity contribution in [3.05, 3.63) is 120 Å². The van der Waals surface area contributed by atoms with E-state index in [4.69, 9.17) is 0 Å². The summed E-state index contributed by atoms with van der Waals surface area (Å²) >= 11 is 0. The van der Waals surface area contributed by atoms with Crippen LogP contribution in [0.3, 0.4) is 0 Å². The van der Waals surface area contributed by atoms with Crippen molar-refractivity contribution in [2.45, 2.75) is 32.0 Å². The number of aryl methyl sites for hydroxylation is 1. The first-order chi connectivity index (χ1) is 15.8. The molecule has 1 atom stereocenters. The molecule has 4 aromatic carbocycles. The fourth-order valence-electron chi connectivity index (χ4n) is 5.08. The minimum absolute atomic E-state index is 0. The average Bonchev–Trinajstić information content (AvgIpc) is 2.85. The lowest BCUT2D eigenvalue weighted by Crippen LogP contribution is -2.52. The Morgan fingerprint density at radius 3 is 1.97 bits per heavy atom. The number of fused-ring (bicyclic) bond motifs is 1. The summed E-state index contributed by atoms with van der Waals surface area (Å²) in [6.07, 6.45) is 2.31. The van der Waals surface area contributed by atoms with Crippen molar-refractivity contribution in [1.29, 1.82) is 0 Å². The molecule has 0 radical (unpaired) electrons. The lowest BCUT2D eigenvalue weighted by Gasteiger charge is -2.42. The van der Waals surface area contributed by atoms with Crippen LogP contribution in [0.25, 0.3) is 10.8 Å². The topological polar surface area (TPSA) is 6.48 Å².